The Morgan fingerprint density at radius 3 is 2.71 bits per heavy atom. The predicted molar refractivity (Wildman–Crippen MR) is 90.1 cm³/mol. The van der Waals surface area contributed by atoms with Gasteiger partial charge in [0.2, 0.25) is 0 Å². The van der Waals surface area contributed by atoms with E-state index in [0.717, 1.165) is 23.4 Å². The van der Waals surface area contributed by atoms with E-state index in [0.29, 0.717) is 11.8 Å². The maximum absolute atomic E-state index is 11.0. The molecule has 3 atom stereocenters. The van der Waals surface area contributed by atoms with Crippen molar-refractivity contribution in [1.29, 1.82) is 0 Å². The van der Waals surface area contributed by atoms with Gasteiger partial charge in [-0.1, -0.05) is 48.6 Å². The lowest BCUT2D eigenvalue weighted by Gasteiger charge is -2.38. The van der Waals surface area contributed by atoms with Crippen molar-refractivity contribution in [2.75, 3.05) is 12.4 Å². The Labute approximate surface area is 140 Å². The van der Waals surface area contributed by atoms with Crippen LogP contribution in [0, 0.1) is 5.92 Å². The molecule has 4 heteroatoms. The smallest absolute Gasteiger partial charge is 0.142 e. The number of benzene rings is 2. The Balaban J connectivity index is 1.76. The number of fused-ring (bicyclic) bond motifs is 3. The number of hydrogen-bond donors (Lipinski definition) is 1. The molecule has 4 rings (SSSR count). The number of rotatable bonds is 3. The van der Waals surface area contributed by atoms with E-state index in [4.69, 9.17) is 4.74 Å². The molecular formula is C20H18NO3-. The molecule has 2 aliphatic rings. The lowest BCUT2D eigenvalue weighted by atomic mass is 9.77. The minimum absolute atomic E-state index is 0.115. The Bertz CT molecular complexity index is 810. The number of para-hydroxylation sites is 1. The Morgan fingerprint density at radius 2 is 2.00 bits per heavy atom. The Morgan fingerprint density at radius 1 is 1.21 bits per heavy atom. The molecule has 1 heterocycles. The topological polar surface area (TPSA) is 61.4 Å². The number of allylic oxidation sites excluding steroid dienone is 2. The number of anilines is 1. The molecule has 0 saturated heterocycles. The minimum Gasteiger partial charge on any atom is -0.545 e. The number of methoxy groups -OCH3 is 1. The first-order chi connectivity index (χ1) is 11.7. The van der Waals surface area contributed by atoms with Gasteiger partial charge in [-0.15, -0.1) is 0 Å². The highest BCUT2D eigenvalue weighted by Crippen LogP contribution is 2.52. The van der Waals surface area contributed by atoms with Crippen LogP contribution in [0.5, 0.6) is 5.75 Å². The number of carboxylic acids is 1. The van der Waals surface area contributed by atoms with Gasteiger partial charge in [0.05, 0.1) is 24.8 Å². The fourth-order valence-electron chi connectivity index (χ4n) is 3.92. The summed E-state index contributed by atoms with van der Waals surface area (Å²) in [6, 6.07) is 13.2. The van der Waals surface area contributed by atoms with E-state index >= 15 is 0 Å². The summed E-state index contributed by atoms with van der Waals surface area (Å²) >= 11 is 0. The van der Waals surface area contributed by atoms with Gasteiger partial charge >= 0.3 is 0 Å². The summed E-state index contributed by atoms with van der Waals surface area (Å²) in [6.45, 7) is 0. The summed E-state index contributed by atoms with van der Waals surface area (Å²) in [6.07, 6.45) is 5.50. The van der Waals surface area contributed by atoms with Crippen LogP contribution in [0.2, 0.25) is 0 Å². The van der Waals surface area contributed by atoms with Crippen LogP contribution in [0.4, 0.5) is 5.69 Å². The molecule has 0 aromatic heterocycles. The number of carboxylic acid groups (broad SMARTS) is 1. The molecule has 1 aliphatic heterocycles. The van der Waals surface area contributed by atoms with Gasteiger partial charge in [0.15, 0.2) is 0 Å². The fourth-order valence-corrected chi connectivity index (χ4v) is 3.92. The second-order valence-electron chi connectivity index (χ2n) is 6.31. The first kappa shape index (κ1) is 14.8. The summed E-state index contributed by atoms with van der Waals surface area (Å²) in [5, 5.41) is 14.6. The van der Waals surface area contributed by atoms with E-state index < -0.39 is 5.97 Å². The highest BCUT2D eigenvalue weighted by molar-refractivity contribution is 5.85. The number of carbonyl (C=O) groups is 1. The van der Waals surface area contributed by atoms with Gasteiger partial charge in [-0.2, -0.15) is 0 Å². The van der Waals surface area contributed by atoms with Crippen molar-refractivity contribution in [3.05, 3.63) is 71.3 Å². The number of carbonyl (C=O) groups excluding carboxylic acids is 1. The van der Waals surface area contributed by atoms with E-state index in [2.05, 4.69) is 23.5 Å². The van der Waals surface area contributed by atoms with E-state index in [-0.39, 0.29) is 11.6 Å². The molecule has 2 aromatic rings. The molecule has 0 bridgehead atoms. The average molecular weight is 320 g/mol. The van der Waals surface area contributed by atoms with Crippen LogP contribution in [-0.2, 0) is 0 Å². The first-order valence-corrected chi connectivity index (χ1v) is 8.10. The zero-order valence-corrected chi connectivity index (χ0v) is 13.4. The lowest BCUT2D eigenvalue weighted by molar-refractivity contribution is -0.255. The van der Waals surface area contributed by atoms with Gasteiger partial charge in [0.1, 0.15) is 5.75 Å². The monoisotopic (exact) mass is 320 g/mol. The first-order valence-electron chi connectivity index (χ1n) is 8.10. The normalized spacial score (nSPS) is 24.0. The van der Waals surface area contributed by atoms with Crippen molar-refractivity contribution in [2.24, 2.45) is 5.92 Å². The molecule has 4 nitrogen and oxygen atoms in total. The van der Waals surface area contributed by atoms with Crippen LogP contribution in [-0.4, -0.2) is 13.1 Å². The summed E-state index contributed by atoms with van der Waals surface area (Å²) in [7, 11) is 1.68. The molecule has 0 amide bonds. The van der Waals surface area contributed by atoms with Crippen LogP contribution in [0.25, 0.3) is 0 Å². The highest BCUT2D eigenvalue weighted by atomic mass is 16.5. The Hall–Kier alpha value is -2.75. The van der Waals surface area contributed by atoms with Crippen LogP contribution >= 0.6 is 0 Å². The molecule has 0 fully saturated rings. The third kappa shape index (κ3) is 2.26. The van der Waals surface area contributed by atoms with Gasteiger partial charge in [-0.05, 0) is 35.1 Å². The number of nitrogens with one attached hydrogen (secondary N) is 1. The van der Waals surface area contributed by atoms with Gasteiger partial charge in [-0.25, -0.2) is 0 Å². The average Bonchev–Trinajstić information content (AvgIpc) is 3.10. The molecule has 122 valence electrons. The summed E-state index contributed by atoms with van der Waals surface area (Å²) < 4.78 is 5.52. The van der Waals surface area contributed by atoms with E-state index in [1.165, 1.54) is 5.56 Å². The van der Waals surface area contributed by atoms with Crippen LogP contribution in [0.3, 0.4) is 0 Å². The molecule has 1 aliphatic carbocycles. The SMILES string of the molecule is COc1cccc2c1N[C@H](c1ccc(C(=O)[O-])cc1)[C@@H]1CC=C[C@@H]21. The zero-order chi connectivity index (χ0) is 16.7. The van der Waals surface area contributed by atoms with Crippen molar-refractivity contribution in [3.63, 3.8) is 0 Å². The number of hydrogen-bond acceptors (Lipinski definition) is 4. The molecule has 0 spiro atoms. The van der Waals surface area contributed by atoms with Crippen molar-refractivity contribution < 1.29 is 14.6 Å². The summed E-state index contributed by atoms with van der Waals surface area (Å²) in [5.74, 6) is 0.453. The van der Waals surface area contributed by atoms with Gasteiger partial charge in [0.25, 0.3) is 0 Å². The van der Waals surface area contributed by atoms with E-state index in [9.17, 15) is 9.90 Å². The molecule has 1 N–H and O–H groups in total. The number of ether oxygens (including phenoxy) is 1. The summed E-state index contributed by atoms with van der Waals surface area (Å²) in [5.41, 5.74) is 3.57. The van der Waals surface area contributed by atoms with E-state index in [1.807, 2.05) is 24.3 Å². The third-order valence-electron chi connectivity index (χ3n) is 5.08. The maximum Gasteiger partial charge on any atom is 0.142 e. The lowest BCUT2D eigenvalue weighted by Crippen LogP contribution is -2.29. The van der Waals surface area contributed by atoms with Gasteiger partial charge in [-0.3, -0.25) is 0 Å². The van der Waals surface area contributed by atoms with Crippen LogP contribution in [0.15, 0.2) is 54.6 Å². The second-order valence-corrected chi connectivity index (χ2v) is 6.31. The fraction of sp³-hybridized carbons (Fsp3) is 0.250. The standard InChI is InChI=1S/C20H19NO3/c1-24-17-7-3-6-16-14-4-2-5-15(14)18(21-19(16)17)12-8-10-13(11-9-12)20(22)23/h2-4,6-11,14-15,18,21H,5H2,1H3,(H,22,23)/p-1/t14-,15-,18-/m1/s1. The zero-order valence-electron chi connectivity index (χ0n) is 13.4. The molecule has 24 heavy (non-hydrogen) atoms. The van der Waals surface area contributed by atoms with Crippen LogP contribution in [0.1, 0.15) is 39.9 Å². The molecule has 0 saturated carbocycles. The van der Waals surface area contributed by atoms with Crippen molar-refractivity contribution in [2.45, 2.75) is 18.4 Å². The predicted octanol–water partition coefficient (Wildman–Crippen LogP) is 2.89. The number of aromatic carboxylic acids is 1. The summed E-state index contributed by atoms with van der Waals surface area (Å²) in [4.78, 5) is 11.0. The molecule has 0 unspecified atom stereocenters. The van der Waals surface area contributed by atoms with Gasteiger partial charge in [0, 0.05) is 5.92 Å². The van der Waals surface area contributed by atoms with E-state index in [1.54, 1.807) is 19.2 Å². The van der Waals surface area contributed by atoms with Crippen molar-refractivity contribution in [1.82, 2.24) is 0 Å². The van der Waals surface area contributed by atoms with Crippen LogP contribution < -0.4 is 15.2 Å². The Kier molecular flexibility index (Phi) is 3.53. The largest absolute Gasteiger partial charge is 0.545 e. The second kappa shape index (κ2) is 5.71. The quantitative estimate of drug-likeness (QED) is 0.883. The maximum atomic E-state index is 11.0. The van der Waals surface area contributed by atoms with Gasteiger partial charge < -0.3 is 20.0 Å². The van der Waals surface area contributed by atoms with Crippen molar-refractivity contribution in [3.8, 4) is 5.75 Å². The molecular weight excluding hydrogens is 302 g/mol. The minimum atomic E-state index is -1.15. The van der Waals surface area contributed by atoms with Crippen molar-refractivity contribution >= 4 is 11.7 Å². The molecule has 0 radical (unpaired) electrons. The highest BCUT2D eigenvalue weighted by Gasteiger charge is 2.38. The third-order valence-corrected chi connectivity index (χ3v) is 5.08. The molecule has 2 aromatic carbocycles.